The fourth-order valence-corrected chi connectivity index (χ4v) is 4.02. The van der Waals surface area contributed by atoms with E-state index in [9.17, 15) is 8.42 Å². The number of sulfonamides is 1. The van der Waals surface area contributed by atoms with Gasteiger partial charge in [0, 0.05) is 13.1 Å². The van der Waals surface area contributed by atoms with Crippen molar-refractivity contribution in [1.29, 1.82) is 0 Å². The smallest absolute Gasteiger partial charge is 0.214 e. The van der Waals surface area contributed by atoms with Crippen LogP contribution in [0.15, 0.2) is 0 Å². The molecule has 15 heavy (non-hydrogen) atoms. The van der Waals surface area contributed by atoms with E-state index in [1.54, 1.807) is 4.31 Å². The van der Waals surface area contributed by atoms with E-state index in [0.717, 1.165) is 25.7 Å². The van der Waals surface area contributed by atoms with Gasteiger partial charge in [0.15, 0.2) is 0 Å². The highest BCUT2D eigenvalue weighted by atomic mass is 32.2. The zero-order valence-electron chi connectivity index (χ0n) is 9.06. The van der Waals surface area contributed by atoms with Gasteiger partial charge in [-0.15, -0.1) is 0 Å². The molecule has 0 aromatic rings. The monoisotopic (exact) mass is 232 g/mol. The van der Waals surface area contributed by atoms with Crippen LogP contribution in [0.4, 0.5) is 0 Å². The molecule has 0 radical (unpaired) electrons. The molecule has 2 aliphatic rings. The van der Waals surface area contributed by atoms with Crippen molar-refractivity contribution < 1.29 is 8.42 Å². The molecule has 0 aromatic heterocycles. The molecule has 1 heterocycles. The third-order valence-electron chi connectivity index (χ3n) is 3.44. The molecule has 5 heteroatoms. The second kappa shape index (κ2) is 4.39. The maximum absolute atomic E-state index is 11.9. The van der Waals surface area contributed by atoms with Gasteiger partial charge in [-0.2, -0.15) is 0 Å². The Morgan fingerprint density at radius 1 is 1.07 bits per heavy atom. The summed E-state index contributed by atoms with van der Waals surface area (Å²) in [6, 6.07) is 0. The fourth-order valence-electron chi connectivity index (χ4n) is 2.11. The average molecular weight is 232 g/mol. The predicted octanol–water partition coefficient (Wildman–Crippen LogP) is 0.397. The Kier molecular flexibility index (Phi) is 3.33. The van der Waals surface area contributed by atoms with Gasteiger partial charge >= 0.3 is 0 Å². The second-order valence-electron chi connectivity index (χ2n) is 4.80. The van der Waals surface area contributed by atoms with E-state index < -0.39 is 10.0 Å². The van der Waals surface area contributed by atoms with Crippen molar-refractivity contribution in [3.63, 3.8) is 0 Å². The zero-order valence-corrected chi connectivity index (χ0v) is 9.88. The van der Waals surface area contributed by atoms with Gasteiger partial charge in [-0.1, -0.05) is 0 Å². The third kappa shape index (κ3) is 2.92. The van der Waals surface area contributed by atoms with Crippen molar-refractivity contribution in [3.05, 3.63) is 0 Å². The number of hydrogen-bond acceptors (Lipinski definition) is 3. The first-order valence-corrected chi connectivity index (χ1v) is 7.40. The number of nitrogens with two attached hydrogens (primary N) is 1. The van der Waals surface area contributed by atoms with Gasteiger partial charge in [-0.3, -0.25) is 0 Å². The van der Waals surface area contributed by atoms with E-state index in [1.807, 2.05) is 0 Å². The minimum Gasteiger partial charge on any atom is -0.330 e. The van der Waals surface area contributed by atoms with Gasteiger partial charge in [0.25, 0.3) is 0 Å². The first-order chi connectivity index (χ1) is 7.12. The third-order valence-corrected chi connectivity index (χ3v) is 5.49. The van der Waals surface area contributed by atoms with Crippen molar-refractivity contribution >= 4 is 10.0 Å². The molecule has 0 aromatic carbocycles. The van der Waals surface area contributed by atoms with E-state index in [4.69, 9.17) is 5.73 Å². The van der Waals surface area contributed by atoms with E-state index in [1.165, 1.54) is 0 Å². The van der Waals surface area contributed by atoms with E-state index in [2.05, 4.69) is 0 Å². The van der Waals surface area contributed by atoms with Crippen molar-refractivity contribution in [2.45, 2.75) is 25.7 Å². The summed E-state index contributed by atoms with van der Waals surface area (Å²) >= 11 is 0. The highest BCUT2D eigenvalue weighted by Gasteiger charge is 2.33. The van der Waals surface area contributed by atoms with Crippen molar-refractivity contribution in [2.24, 2.45) is 17.6 Å². The van der Waals surface area contributed by atoms with Crippen LogP contribution < -0.4 is 5.73 Å². The van der Waals surface area contributed by atoms with Crippen LogP contribution in [0.25, 0.3) is 0 Å². The van der Waals surface area contributed by atoms with Gasteiger partial charge in [0.1, 0.15) is 0 Å². The summed E-state index contributed by atoms with van der Waals surface area (Å²) in [5, 5.41) is 0. The van der Waals surface area contributed by atoms with Crippen molar-refractivity contribution in [2.75, 3.05) is 25.4 Å². The number of rotatable bonds is 4. The van der Waals surface area contributed by atoms with Gasteiger partial charge in [0.05, 0.1) is 5.75 Å². The van der Waals surface area contributed by atoms with Crippen LogP contribution in [0.5, 0.6) is 0 Å². The van der Waals surface area contributed by atoms with Crippen LogP contribution in [0.1, 0.15) is 25.7 Å². The highest BCUT2D eigenvalue weighted by molar-refractivity contribution is 7.89. The van der Waals surface area contributed by atoms with Crippen LogP contribution in [0, 0.1) is 11.8 Å². The first-order valence-electron chi connectivity index (χ1n) is 5.79. The van der Waals surface area contributed by atoms with Gasteiger partial charge in [-0.25, -0.2) is 12.7 Å². The molecule has 0 atom stereocenters. The lowest BCUT2D eigenvalue weighted by Crippen LogP contribution is -2.41. The lowest BCUT2D eigenvalue weighted by atomic mass is 9.99. The topological polar surface area (TPSA) is 63.4 Å². The van der Waals surface area contributed by atoms with E-state index in [0.29, 0.717) is 37.2 Å². The lowest BCUT2D eigenvalue weighted by molar-refractivity contribution is 0.278. The van der Waals surface area contributed by atoms with Crippen LogP contribution >= 0.6 is 0 Å². The Bertz CT molecular complexity index is 303. The van der Waals surface area contributed by atoms with Crippen LogP contribution in [-0.2, 0) is 10.0 Å². The van der Waals surface area contributed by atoms with E-state index in [-0.39, 0.29) is 0 Å². The Hall–Kier alpha value is -0.130. The summed E-state index contributed by atoms with van der Waals surface area (Å²) in [6.45, 7) is 2.05. The van der Waals surface area contributed by atoms with Gasteiger partial charge in [0.2, 0.25) is 10.0 Å². The quantitative estimate of drug-likeness (QED) is 0.763. The molecule has 2 N–H and O–H groups in total. The largest absolute Gasteiger partial charge is 0.330 e. The van der Waals surface area contributed by atoms with Gasteiger partial charge in [-0.05, 0) is 44.1 Å². The van der Waals surface area contributed by atoms with Crippen LogP contribution in [-0.4, -0.2) is 38.1 Å². The van der Waals surface area contributed by atoms with Gasteiger partial charge < -0.3 is 5.73 Å². The second-order valence-corrected chi connectivity index (χ2v) is 6.81. The molecule has 2 rings (SSSR count). The molecule has 1 saturated heterocycles. The molecule has 0 spiro atoms. The Morgan fingerprint density at radius 2 is 1.67 bits per heavy atom. The maximum atomic E-state index is 11.9. The number of piperidine rings is 1. The Labute approximate surface area is 91.9 Å². The van der Waals surface area contributed by atoms with Crippen LogP contribution in [0.3, 0.4) is 0 Å². The SMILES string of the molecule is NCC1CCN(S(=O)(=O)CC2CC2)CC1. The van der Waals surface area contributed by atoms with E-state index >= 15 is 0 Å². The Balaban J connectivity index is 1.88. The number of hydrogen-bond donors (Lipinski definition) is 1. The highest BCUT2D eigenvalue weighted by Crippen LogP contribution is 2.32. The summed E-state index contributed by atoms with van der Waals surface area (Å²) in [5.74, 6) is 1.35. The molecule has 0 amide bonds. The Morgan fingerprint density at radius 3 is 2.13 bits per heavy atom. The number of nitrogens with zero attached hydrogens (tertiary/aromatic N) is 1. The molecule has 0 unspecified atom stereocenters. The predicted molar refractivity (Wildman–Crippen MR) is 59.9 cm³/mol. The molecule has 88 valence electrons. The standard InChI is InChI=1S/C10H20N2O2S/c11-7-9-3-5-12(6-4-9)15(13,14)8-10-1-2-10/h9-10H,1-8,11H2. The summed E-state index contributed by atoms with van der Waals surface area (Å²) in [5.41, 5.74) is 5.58. The summed E-state index contributed by atoms with van der Waals surface area (Å²) < 4.78 is 25.5. The summed E-state index contributed by atoms with van der Waals surface area (Å²) in [7, 11) is -2.96. The first kappa shape index (κ1) is 11.4. The van der Waals surface area contributed by atoms with Crippen molar-refractivity contribution in [1.82, 2.24) is 4.31 Å². The summed E-state index contributed by atoms with van der Waals surface area (Å²) in [4.78, 5) is 0. The molecule has 1 aliphatic carbocycles. The minimum absolute atomic E-state index is 0.375. The average Bonchev–Trinajstić information content (AvgIpc) is 3.01. The molecular weight excluding hydrogens is 212 g/mol. The maximum Gasteiger partial charge on any atom is 0.214 e. The molecule has 0 bridgehead atoms. The fraction of sp³-hybridized carbons (Fsp3) is 1.00. The van der Waals surface area contributed by atoms with Crippen LogP contribution in [0.2, 0.25) is 0 Å². The van der Waals surface area contributed by atoms with Crippen molar-refractivity contribution in [3.8, 4) is 0 Å². The molecule has 2 fully saturated rings. The molecule has 4 nitrogen and oxygen atoms in total. The molecule has 1 saturated carbocycles. The minimum atomic E-state index is -2.96. The zero-order chi connectivity index (χ0) is 10.9. The summed E-state index contributed by atoms with van der Waals surface area (Å²) in [6.07, 6.45) is 4.05. The lowest BCUT2D eigenvalue weighted by Gasteiger charge is -2.30. The molecular formula is C10H20N2O2S. The molecule has 1 aliphatic heterocycles. The normalized spacial score (nSPS) is 25.7.